The van der Waals surface area contributed by atoms with Crippen LogP contribution in [0.15, 0.2) is 6.20 Å². The molecule has 0 saturated carbocycles. The van der Waals surface area contributed by atoms with E-state index in [4.69, 9.17) is 16.7 Å². The number of hydrogen-bond donors (Lipinski definition) is 1. The summed E-state index contributed by atoms with van der Waals surface area (Å²) in [5.41, 5.74) is 1.02. The topological polar surface area (TPSA) is 33.1 Å². The molecule has 0 aliphatic carbocycles. The highest BCUT2D eigenvalue weighted by atomic mass is 35.5. The van der Waals surface area contributed by atoms with Crippen molar-refractivity contribution in [3.05, 3.63) is 28.6 Å². The van der Waals surface area contributed by atoms with Crippen LogP contribution in [-0.4, -0.2) is 10.1 Å². The number of pyridine rings is 1. The first-order valence-electron chi connectivity index (χ1n) is 4.04. The zero-order chi connectivity index (χ0) is 10.7. The van der Waals surface area contributed by atoms with E-state index in [-0.39, 0.29) is 17.0 Å². The van der Waals surface area contributed by atoms with E-state index in [1.807, 2.05) is 0 Å². The summed E-state index contributed by atoms with van der Waals surface area (Å²) < 4.78 is 24.9. The van der Waals surface area contributed by atoms with E-state index in [2.05, 4.69) is 4.98 Å². The van der Waals surface area contributed by atoms with Gasteiger partial charge in [0.1, 0.15) is 0 Å². The van der Waals surface area contributed by atoms with Crippen molar-refractivity contribution < 1.29 is 13.9 Å². The van der Waals surface area contributed by atoms with Gasteiger partial charge >= 0.3 is 0 Å². The number of hydrogen-bond acceptors (Lipinski definition) is 2. The van der Waals surface area contributed by atoms with Gasteiger partial charge in [-0.1, -0.05) is 0 Å². The minimum absolute atomic E-state index is 0.0787. The smallest absolute Gasteiger partial charge is 0.265 e. The normalized spacial score (nSPS) is 11.0. The van der Waals surface area contributed by atoms with Crippen LogP contribution in [0.2, 0.25) is 0 Å². The van der Waals surface area contributed by atoms with Crippen LogP contribution in [0, 0.1) is 6.92 Å². The Morgan fingerprint density at radius 1 is 1.50 bits per heavy atom. The van der Waals surface area contributed by atoms with Crippen LogP contribution in [0.3, 0.4) is 0 Å². The lowest BCUT2D eigenvalue weighted by molar-refractivity contribution is 0.146. The quantitative estimate of drug-likeness (QED) is 0.796. The van der Waals surface area contributed by atoms with Crippen molar-refractivity contribution in [2.24, 2.45) is 0 Å². The van der Waals surface area contributed by atoms with Crippen molar-refractivity contribution in [1.29, 1.82) is 0 Å². The van der Waals surface area contributed by atoms with E-state index in [0.717, 1.165) is 6.20 Å². The van der Waals surface area contributed by atoms with Crippen LogP contribution in [-0.2, 0) is 12.5 Å². The molecule has 0 amide bonds. The molecule has 1 heterocycles. The molecule has 0 saturated heterocycles. The number of rotatable bonds is 3. The monoisotopic (exact) mass is 221 g/mol. The third-order valence-corrected chi connectivity index (χ3v) is 2.34. The van der Waals surface area contributed by atoms with Gasteiger partial charge in [-0.25, -0.2) is 8.78 Å². The molecule has 0 fully saturated rings. The van der Waals surface area contributed by atoms with E-state index in [0.29, 0.717) is 11.3 Å². The third-order valence-electron chi connectivity index (χ3n) is 2.07. The average molecular weight is 222 g/mol. The fourth-order valence-electron chi connectivity index (χ4n) is 1.27. The zero-order valence-electron chi connectivity index (χ0n) is 7.60. The SMILES string of the molecule is Cc1ncc(C(F)F)c(CO)c1CCl. The van der Waals surface area contributed by atoms with E-state index in [1.54, 1.807) is 6.92 Å². The summed E-state index contributed by atoms with van der Waals surface area (Å²) in [6, 6.07) is 0. The van der Waals surface area contributed by atoms with Gasteiger partial charge in [0, 0.05) is 23.3 Å². The maximum Gasteiger partial charge on any atom is 0.265 e. The molecule has 1 rings (SSSR count). The number of aryl methyl sites for hydroxylation is 1. The van der Waals surface area contributed by atoms with Gasteiger partial charge in [-0.15, -0.1) is 11.6 Å². The number of alkyl halides is 3. The number of aliphatic hydroxyl groups is 1. The Morgan fingerprint density at radius 3 is 2.57 bits per heavy atom. The minimum atomic E-state index is -2.63. The molecule has 0 radical (unpaired) electrons. The zero-order valence-corrected chi connectivity index (χ0v) is 8.35. The number of nitrogens with zero attached hydrogens (tertiary/aromatic N) is 1. The predicted molar refractivity (Wildman–Crippen MR) is 49.4 cm³/mol. The molecule has 0 aliphatic rings. The molecule has 0 unspecified atom stereocenters. The van der Waals surface area contributed by atoms with Crippen molar-refractivity contribution in [1.82, 2.24) is 4.98 Å². The highest BCUT2D eigenvalue weighted by Gasteiger charge is 2.17. The Hall–Kier alpha value is -0.740. The number of halogens is 3. The molecule has 0 aliphatic heterocycles. The van der Waals surface area contributed by atoms with Gasteiger partial charge < -0.3 is 5.11 Å². The number of aliphatic hydroxyl groups excluding tert-OH is 1. The first-order chi connectivity index (χ1) is 6.61. The average Bonchev–Trinajstić information content (AvgIpc) is 2.16. The van der Waals surface area contributed by atoms with Crippen LogP contribution in [0.4, 0.5) is 8.78 Å². The molecule has 2 nitrogen and oxygen atoms in total. The Kier molecular flexibility index (Phi) is 3.77. The van der Waals surface area contributed by atoms with Gasteiger partial charge in [-0.3, -0.25) is 4.98 Å². The van der Waals surface area contributed by atoms with Gasteiger partial charge in [-0.05, 0) is 18.1 Å². The van der Waals surface area contributed by atoms with Crippen molar-refractivity contribution in [3.8, 4) is 0 Å². The molecule has 1 aromatic rings. The fraction of sp³-hybridized carbons (Fsp3) is 0.444. The van der Waals surface area contributed by atoms with Crippen LogP contribution in [0.5, 0.6) is 0 Å². The van der Waals surface area contributed by atoms with Gasteiger partial charge in [0.05, 0.1) is 6.61 Å². The van der Waals surface area contributed by atoms with Gasteiger partial charge in [0.25, 0.3) is 6.43 Å². The lowest BCUT2D eigenvalue weighted by atomic mass is 10.0. The summed E-state index contributed by atoms with van der Waals surface area (Å²) in [7, 11) is 0. The van der Waals surface area contributed by atoms with E-state index in [9.17, 15) is 8.78 Å². The first-order valence-corrected chi connectivity index (χ1v) is 4.57. The molecule has 0 atom stereocenters. The fourth-order valence-corrected chi connectivity index (χ4v) is 1.62. The summed E-state index contributed by atoms with van der Waals surface area (Å²) in [5, 5.41) is 8.98. The van der Waals surface area contributed by atoms with Crippen molar-refractivity contribution in [2.45, 2.75) is 25.8 Å². The molecule has 1 N–H and O–H groups in total. The van der Waals surface area contributed by atoms with E-state index >= 15 is 0 Å². The molecule has 78 valence electrons. The molecule has 0 spiro atoms. The highest BCUT2D eigenvalue weighted by Crippen LogP contribution is 2.27. The second-order valence-electron chi connectivity index (χ2n) is 2.85. The van der Waals surface area contributed by atoms with Crippen LogP contribution in [0.25, 0.3) is 0 Å². The van der Waals surface area contributed by atoms with E-state index in [1.165, 1.54) is 0 Å². The van der Waals surface area contributed by atoms with Crippen molar-refractivity contribution in [3.63, 3.8) is 0 Å². The Labute approximate surface area is 85.5 Å². The molecule has 0 aromatic carbocycles. The summed E-state index contributed by atoms with van der Waals surface area (Å²) in [6.45, 7) is 1.23. The van der Waals surface area contributed by atoms with Gasteiger partial charge in [0.2, 0.25) is 0 Å². The van der Waals surface area contributed by atoms with Gasteiger partial charge in [0.15, 0.2) is 0 Å². The number of aromatic nitrogens is 1. The molecule has 0 bridgehead atoms. The lowest BCUT2D eigenvalue weighted by Crippen LogP contribution is -2.04. The Balaban J connectivity index is 3.33. The standard InChI is InChI=1S/C9H10ClF2NO/c1-5-6(2-10)8(4-14)7(3-13-5)9(11)12/h3,9,14H,2,4H2,1H3. The summed E-state index contributed by atoms with van der Waals surface area (Å²) >= 11 is 5.60. The summed E-state index contributed by atoms with van der Waals surface area (Å²) in [5.74, 6) is 0.0787. The molecule has 1 aromatic heterocycles. The lowest BCUT2D eigenvalue weighted by Gasteiger charge is -2.12. The Bertz CT molecular complexity index is 331. The third kappa shape index (κ3) is 2.01. The first kappa shape index (κ1) is 11.3. The maximum absolute atomic E-state index is 12.5. The molecular weight excluding hydrogens is 212 g/mol. The Morgan fingerprint density at radius 2 is 2.14 bits per heavy atom. The summed E-state index contributed by atoms with van der Waals surface area (Å²) in [4.78, 5) is 3.80. The van der Waals surface area contributed by atoms with Gasteiger partial charge in [-0.2, -0.15) is 0 Å². The second kappa shape index (κ2) is 4.66. The van der Waals surface area contributed by atoms with Crippen molar-refractivity contribution >= 4 is 11.6 Å². The molecular formula is C9H10ClF2NO. The molecule has 5 heteroatoms. The summed E-state index contributed by atoms with van der Waals surface area (Å²) in [6.07, 6.45) is -1.55. The second-order valence-corrected chi connectivity index (χ2v) is 3.12. The minimum Gasteiger partial charge on any atom is -0.392 e. The van der Waals surface area contributed by atoms with E-state index < -0.39 is 13.0 Å². The highest BCUT2D eigenvalue weighted by molar-refractivity contribution is 6.17. The predicted octanol–water partition coefficient (Wildman–Crippen LogP) is 2.56. The maximum atomic E-state index is 12.5. The van der Waals surface area contributed by atoms with Crippen LogP contribution in [0.1, 0.15) is 28.8 Å². The largest absolute Gasteiger partial charge is 0.392 e. The van der Waals surface area contributed by atoms with Crippen LogP contribution < -0.4 is 0 Å². The molecule has 14 heavy (non-hydrogen) atoms. The van der Waals surface area contributed by atoms with Crippen molar-refractivity contribution in [2.75, 3.05) is 0 Å². The van der Waals surface area contributed by atoms with Crippen LogP contribution >= 0.6 is 11.6 Å².